The molecule has 1 saturated carbocycles. The van der Waals surface area contributed by atoms with Crippen molar-refractivity contribution in [3.63, 3.8) is 0 Å². The summed E-state index contributed by atoms with van der Waals surface area (Å²) in [6, 6.07) is 7.91. The third kappa shape index (κ3) is 3.59. The summed E-state index contributed by atoms with van der Waals surface area (Å²) < 4.78 is 2.17. The third-order valence-corrected chi connectivity index (χ3v) is 5.64. The number of hydrogen-bond donors (Lipinski definition) is 1. The van der Waals surface area contributed by atoms with E-state index < -0.39 is 0 Å². The topological polar surface area (TPSA) is 46.9 Å². The van der Waals surface area contributed by atoms with Crippen molar-refractivity contribution in [2.75, 3.05) is 5.32 Å². The van der Waals surface area contributed by atoms with Gasteiger partial charge in [0.25, 0.3) is 5.91 Å². The van der Waals surface area contributed by atoms with Gasteiger partial charge in [-0.25, -0.2) is 4.98 Å². The Morgan fingerprint density at radius 1 is 1.30 bits per heavy atom. The van der Waals surface area contributed by atoms with E-state index in [0.717, 1.165) is 34.7 Å². The van der Waals surface area contributed by atoms with Crippen LogP contribution in [0.2, 0.25) is 5.02 Å². The molecule has 0 saturated heterocycles. The van der Waals surface area contributed by atoms with E-state index in [9.17, 15) is 4.79 Å². The average molecular weight is 382 g/mol. The van der Waals surface area contributed by atoms with Crippen molar-refractivity contribution in [3.8, 4) is 0 Å². The Labute approximate surface area is 164 Å². The molecule has 0 unspecified atom stereocenters. The van der Waals surface area contributed by atoms with E-state index in [-0.39, 0.29) is 5.91 Å². The van der Waals surface area contributed by atoms with Crippen LogP contribution in [0.5, 0.6) is 0 Å². The Morgan fingerprint density at radius 3 is 2.63 bits per heavy atom. The Bertz CT molecular complexity index is 1000. The minimum absolute atomic E-state index is 0.235. The van der Waals surface area contributed by atoms with Crippen molar-refractivity contribution in [1.29, 1.82) is 0 Å². The second-order valence-electron chi connectivity index (χ2n) is 7.82. The first-order valence-electron chi connectivity index (χ1n) is 9.49. The molecule has 1 aromatic carbocycles. The number of pyridine rings is 1. The van der Waals surface area contributed by atoms with E-state index in [4.69, 9.17) is 11.6 Å². The number of anilines is 1. The lowest BCUT2D eigenvalue weighted by Crippen LogP contribution is -2.13. The van der Waals surface area contributed by atoms with Crippen LogP contribution in [-0.2, 0) is 6.54 Å². The number of fused-ring (bicyclic) bond motifs is 1. The van der Waals surface area contributed by atoms with E-state index in [0.29, 0.717) is 16.5 Å². The average Bonchev–Trinajstić information content (AvgIpc) is 3.39. The molecular formula is C22H24ClN3O. The fourth-order valence-electron chi connectivity index (χ4n) is 3.43. The quantitative estimate of drug-likeness (QED) is 0.608. The standard InChI is InChI=1S/C22H24ClN3O/c1-13(2)16-6-8-17(9-7-16)25-22(27)18-10-24-21-19(20(18)23)14(3)11-26(21)12-15-4-5-15/h6-11,13,15H,4-5,12H2,1-3H3,(H,25,27). The molecule has 0 spiro atoms. The number of carbonyl (C=O) groups excluding carboxylic acids is 1. The number of nitrogens with one attached hydrogen (secondary N) is 1. The Kier molecular flexibility index (Phi) is 4.68. The minimum atomic E-state index is -0.235. The smallest absolute Gasteiger partial charge is 0.258 e. The summed E-state index contributed by atoms with van der Waals surface area (Å²) in [7, 11) is 0. The highest BCUT2D eigenvalue weighted by molar-refractivity contribution is 6.39. The highest BCUT2D eigenvalue weighted by Gasteiger charge is 2.24. The number of hydrogen-bond acceptors (Lipinski definition) is 2. The normalized spacial score (nSPS) is 14.1. The van der Waals surface area contributed by atoms with Gasteiger partial charge in [0.1, 0.15) is 5.65 Å². The van der Waals surface area contributed by atoms with Gasteiger partial charge in [-0.15, -0.1) is 0 Å². The van der Waals surface area contributed by atoms with Gasteiger partial charge in [0.15, 0.2) is 0 Å². The second kappa shape index (κ2) is 7.01. The van der Waals surface area contributed by atoms with E-state index in [1.54, 1.807) is 6.20 Å². The number of aryl methyl sites for hydroxylation is 1. The van der Waals surface area contributed by atoms with E-state index in [2.05, 4.69) is 34.9 Å². The minimum Gasteiger partial charge on any atom is -0.332 e. The SMILES string of the molecule is Cc1cn(CC2CC2)c2ncc(C(=O)Nc3ccc(C(C)C)cc3)c(Cl)c12. The van der Waals surface area contributed by atoms with Crippen LogP contribution in [-0.4, -0.2) is 15.5 Å². The number of aromatic nitrogens is 2. The van der Waals surface area contributed by atoms with E-state index in [1.165, 1.54) is 18.4 Å². The van der Waals surface area contributed by atoms with Crippen molar-refractivity contribution in [3.05, 3.63) is 58.4 Å². The number of nitrogens with zero attached hydrogens (tertiary/aromatic N) is 2. The molecule has 0 radical (unpaired) electrons. The predicted octanol–water partition coefficient (Wildman–Crippen LogP) is 5.78. The number of rotatable bonds is 5. The van der Waals surface area contributed by atoms with Crippen LogP contribution < -0.4 is 5.32 Å². The molecule has 1 aliphatic carbocycles. The van der Waals surface area contributed by atoms with Gasteiger partial charge in [0, 0.05) is 30.0 Å². The molecule has 140 valence electrons. The van der Waals surface area contributed by atoms with Crippen molar-refractivity contribution >= 4 is 34.2 Å². The van der Waals surface area contributed by atoms with Gasteiger partial charge < -0.3 is 9.88 Å². The molecule has 0 atom stereocenters. The van der Waals surface area contributed by atoms with Gasteiger partial charge in [0.2, 0.25) is 0 Å². The number of amides is 1. The predicted molar refractivity (Wildman–Crippen MR) is 111 cm³/mol. The molecule has 1 amide bonds. The summed E-state index contributed by atoms with van der Waals surface area (Å²) in [6.45, 7) is 7.28. The molecule has 27 heavy (non-hydrogen) atoms. The van der Waals surface area contributed by atoms with Crippen LogP contribution in [0.3, 0.4) is 0 Å². The maximum absolute atomic E-state index is 12.8. The Balaban J connectivity index is 1.61. The fraction of sp³-hybridized carbons (Fsp3) is 0.364. The maximum Gasteiger partial charge on any atom is 0.258 e. The number of halogens is 1. The lowest BCUT2D eigenvalue weighted by atomic mass is 10.0. The molecule has 3 aromatic rings. The molecule has 1 N–H and O–H groups in total. The van der Waals surface area contributed by atoms with Gasteiger partial charge in [-0.3, -0.25) is 4.79 Å². The molecule has 1 aliphatic rings. The third-order valence-electron chi connectivity index (χ3n) is 5.24. The molecule has 4 nitrogen and oxygen atoms in total. The lowest BCUT2D eigenvalue weighted by molar-refractivity contribution is 0.102. The molecule has 4 rings (SSSR count). The first-order valence-corrected chi connectivity index (χ1v) is 9.87. The van der Waals surface area contributed by atoms with Gasteiger partial charge in [-0.2, -0.15) is 0 Å². The first-order chi connectivity index (χ1) is 12.9. The molecule has 2 heterocycles. The van der Waals surface area contributed by atoms with Crippen LogP contribution in [0.25, 0.3) is 11.0 Å². The Morgan fingerprint density at radius 2 is 2.00 bits per heavy atom. The summed E-state index contributed by atoms with van der Waals surface area (Å²) >= 11 is 6.63. The summed E-state index contributed by atoms with van der Waals surface area (Å²) in [5.74, 6) is 0.969. The second-order valence-corrected chi connectivity index (χ2v) is 8.20. The molecule has 1 fully saturated rings. The van der Waals surface area contributed by atoms with Crippen LogP contribution in [0.15, 0.2) is 36.7 Å². The zero-order valence-corrected chi connectivity index (χ0v) is 16.7. The van der Waals surface area contributed by atoms with E-state index in [1.807, 2.05) is 31.2 Å². The number of carbonyl (C=O) groups is 1. The van der Waals surface area contributed by atoms with Crippen LogP contribution in [0, 0.1) is 12.8 Å². The lowest BCUT2D eigenvalue weighted by Gasteiger charge is -2.10. The molecule has 0 aliphatic heterocycles. The maximum atomic E-state index is 12.8. The highest BCUT2D eigenvalue weighted by Crippen LogP contribution is 2.35. The molecule has 5 heteroatoms. The van der Waals surface area contributed by atoms with Crippen molar-refractivity contribution in [1.82, 2.24) is 9.55 Å². The first kappa shape index (κ1) is 18.1. The van der Waals surface area contributed by atoms with Crippen LogP contribution in [0.1, 0.15) is 54.1 Å². The zero-order chi connectivity index (χ0) is 19.1. The van der Waals surface area contributed by atoms with Gasteiger partial charge in [-0.1, -0.05) is 37.6 Å². The molecule has 0 bridgehead atoms. The van der Waals surface area contributed by atoms with Crippen molar-refractivity contribution < 1.29 is 4.79 Å². The van der Waals surface area contributed by atoms with Gasteiger partial charge >= 0.3 is 0 Å². The van der Waals surface area contributed by atoms with Crippen molar-refractivity contribution in [2.45, 2.75) is 46.1 Å². The summed E-state index contributed by atoms with van der Waals surface area (Å²) in [4.78, 5) is 17.3. The zero-order valence-electron chi connectivity index (χ0n) is 15.9. The van der Waals surface area contributed by atoms with E-state index >= 15 is 0 Å². The Hall–Kier alpha value is -2.33. The summed E-state index contributed by atoms with van der Waals surface area (Å²) in [5, 5.41) is 4.28. The van der Waals surface area contributed by atoms with Crippen LogP contribution in [0.4, 0.5) is 5.69 Å². The monoisotopic (exact) mass is 381 g/mol. The van der Waals surface area contributed by atoms with Gasteiger partial charge in [-0.05, 0) is 54.9 Å². The summed E-state index contributed by atoms with van der Waals surface area (Å²) in [5.41, 5.74) is 4.32. The van der Waals surface area contributed by atoms with Gasteiger partial charge in [0.05, 0.1) is 10.6 Å². The summed E-state index contributed by atoms with van der Waals surface area (Å²) in [6.07, 6.45) is 6.24. The van der Waals surface area contributed by atoms with Crippen LogP contribution >= 0.6 is 11.6 Å². The molecular weight excluding hydrogens is 358 g/mol. The fourth-order valence-corrected chi connectivity index (χ4v) is 3.80. The largest absolute Gasteiger partial charge is 0.332 e. The molecule has 2 aromatic heterocycles. The number of benzene rings is 1. The van der Waals surface area contributed by atoms with Crippen molar-refractivity contribution in [2.24, 2.45) is 5.92 Å². The highest BCUT2D eigenvalue weighted by atomic mass is 35.5.